The van der Waals surface area contributed by atoms with E-state index in [-0.39, 0.29) is 6.42 Å². The highest BCUT2D eigenvalue weighted by atomic mass is 16.5. The normalized spacial score (nSPS) is 29.4. The minimum absolute atomic E-state index is 0.317. The topological polar surface area (TPSA) is 89.9 Å². The lowest BCUT2D eigenvalue weighted by Crippen LogP contribution is -2.55. The van der Waals surface area contributed by atoms with Crippen LogP contribution in [0, 0.1) is 17.8 Å². The van der Waals surface area contributed by atoms with Crippen molar-refractivity contribution >= 4 is 23.8 Å². The standard InChI is InChI=1S/C19H22O6/c1-19(23)11-14(20)15(17(21)24-2)13(16(19)18(22)25-3)10-9-12-7-5-4-6-8-12/h4-10,13,15-16,23H,11H2,1-3H3/b10-9+/t13-,15+,16+,19-/m0/s1. The monoisotopic (exact) mass is 346 g/mol. The van der Waals surface area contributed by atoms with E-state index in [1.54, 1.807) is 12.2 Å². The molecule has 0 saturated heterocycles. The Kier molecular flexibility index (Phi) is 5.74. The van der Waals surface area contributed by atoms with Crippen molar-refractivity contribution in [3.63, 3.8) is 0 Å². The third-order valence-electron chi connectivity index (χ3n) is 4.54. The molecule has 6 heteroatoms. The lowest BCUT2D eigenvalue weighted by Gasteiger charge is -2.42. The zero-order valence-electron chi connectivity index (χ0n) is 14.5. The van der Waals surface area contributed by atoms with Gasteiger partial charge in [0.05, 0.1) is 25.7 Å². The van der Waals surface area contributed by atoms with Crippen LogP contribution in [-0.2, 0) is 23.9 Å². The van der Waals surface area contributed by atoms with Crippen molar-refractivity contribution in [2.75, 3.05) is 14.2 Å². The largest absolute Gasteiger partial charge is 0.469 e. The van der Waals surface area contributed by atoms with Crippen LogP contribution in [0.4, 0.5) is 0 Å². The first-order chi connectivity index (χ1) is 11.8. The summed E-state index contributed by atoms with van der Waals surface area (Å²) in [5.41, 5.74) is -0.771. The van der Waals surface area contributed by atoms with Crippen molar-refractivity contribution in [2.24, 2.45) is 17.8 Å². The predicted molar refractivity (Wildman–Crippen MR) is 90.2 cm³/mol. The number of carbonyl (C=O) groups is 3. The molecule has 6 nitrogen and oxygen atoms in total. The summed E-state index contributed by atoms with van der Waals surface area (Å²) in [5, 5.41) is 10.6. The van der Waals surface area contributed by atoms with Crippen molar-refractivity contribution in [3.05, 3.63) is 42.0 Å². The van der Waals surface area contributed by atoms with Gasteiger partial charge in [-0.3, -0.25) is 14.4 Å². The van der Waals surface area contributed by atoms with E-state index in [1.807, 2.05) is 30.3 Å². The second-order valence-corrected chi connectivity index (χ2v) is 6.35. The summed E-state index contributed by atoms with van der Waals surface area (Å²) >= 11 is 0. The molecule has 0 radical (unpaired) electrons. The van der Waals surface area contributed by atoms with Crippen LogP contribution in [0.5, 0.6) is 0 Å². The van der Waals surface area contributed by atoms with Crippen molar-refractivity contribution in [2.45, 2.75) is 18.9 Å². The van der Waals surface area contributed by atoms with Gasteiger partial charge in [0.15, 0.2) is 5.78 Å². The van der Waals surface area contributed by atoms with E-state index in [1.165, 1.54) is 21.1 Å². The molecule has 0 unspecified atom stereocenters. The Bertz CT molecular complexity index is 676. The predicted octanol–water partition coefficient (Wildman–Crippen LogP) is 1.62. The number of allylic oxidation sites excluding steroid dienone is 1. The van der Waals surface area contributed by atoms with Crippen molar-refractivity contribution in [1.29, 1.82) is 0 Å². The molecule has 1 aliphatic carbocycles. The van der Waals surface area contributed by atoms with E-state index >= 15 is 0 Å². The van der Waals surface area contributed by atoms with E-state index in [4.69, 9.17) is 9.47 Å². The third-order valence-corrected chi connectivity index (χ3v) is 4.54. The van der Waals surface area contributed by atoms with Crippen LogP contribution < -0.4 is 0 Å². The van der Waals surface area contributed by atoms with Gasteiger partial charge in [-0.25, -0.2) is 0 Å². The Hall–Kier alpha value is -2.47. The maximum absolute atomic E-state index is 12.4. The third kappa shape index (κ3) is 3.96. The number of methoxy groups -OCH3 is 2. The zero-order chi connectivity index (χ0) is 18.6. The number of aliphatic hydroxyl groups is 1. The number of benzene rings is 1. The highest BCUT2D eigenvalue weighted by Crippen LogP contribution is 2.42. The summed E-state index contributed by atoms with van der Waals surface area (Å²) in [5.74, 6) is -4.93. The molecule has 1 fully saturated rings. The van der Waals surface area contributed by atoms with Crippen LogP contribution in [0.2, 0.25) is 0 Å². The Morgan fingerprint density at radius 2 is 1.76 bits per heavy atom. The number of esters is 2. The second-order valence-electron chi connectivity index (χ2n) is 6.35. The minimum atomic E-state index is -1.61. The van der Waals surface area contributed by atoms with Crippen LogP contribution in [0.3, 0.4) is 0 Å². The van der Waals surface area contributed by atoms with Gasteiger partial charge in [0.1, 0.15) is 5.92 Å². The highest BCUT2D eigenvalue weighted by Gasteiger charge is 2.55. The molecule has 1 aliphatic rings. The molecule has 0 aliphatic heterocycles. The lowest BCUT2D eigenvalue weighted by molar-refractivity contribution is -0.172. The summed E-state index contributed by atoms with van der Waals surface area (Å²) in [6, 6.07) is 9.24. The molecule has 25 heavy (non-hydrogen) atoms. The summed E-state index contributed by atoms with van der Waals surface area (Å²) in [4.78, 5) is 36.9. The summed E-state index contributed by atoms with van der Waals surface area (Å²) < 4.78 is 9.55. The average Bonchev–Trinajstić information content (AvgIpc) is 2.58. The van der Waals surface area contributed by atoms with E-state index in [0.717, 1.165) is 5.56 Å². The first-order valence-corrected chi connectivity index (χ1v) is 7.96. The van der Waals surface area contributed by atoms with Gasteiger partial charge in [0.2, 0.25) is 0 Å². The number of hydrogen-bond donors (Lipinski definition) is 1. The van der Waals surface area contributed by atoms with Gasteiger partial charge >= 0.3 is 11.9 Å². The first kappa shape index (κ1) is 18.9. The molecule has 4 atom stereocenters. The van der Waals surface area contributed by atoms with Gasteiger partial charge in [-0.2, -0.15) is 0 Å². The number of ketones is 1. The first-order valence-electron chi connectivity index (χ1n) is 7.96. The summed E-state index contributed by atoms with van der Waals surface area (Å²) in [7, 11) is 2.40. The summed E-state index contributed by atoms with van der Waals surface area (Å²) in [6.07, 6.45) is 3.00. The zero-order valence-corrected chi connectivity index (χ0v) is 14.5. The van der Waals surface area contributed by atoms with Crippen LogP contribution in [0.15, 0.2) is 36.4 Å². The van der Waals surface area contributed by atoms with Gasteiger partial charge < -0.3 is 14.6 Å². The van der Waals surface area contributed by atoms with Crippen LogP contribution in [-0.4, -0.2) is 42.6 Å². The molecule has 0 aromatic heterocycles. The van der Waals surface area contributed by atoms with E-state index < -0.39 is 41.1 Å². The molecule has 1 saturated carbocycles. The molecule has 1 aromatic carbocycles. The number of Topliss-reactive ketones (excluding diaryl/α,β-unsaturated/α-hetero) is 1. The Morgan fingerprint density at radius 3 is 2.32 bits per heavy atom. The van der Waals surface area contributed by atoms with Gasteiger partial charge in [0, 0.05) is 12.3 Å². The maximum atomic E-state index is 12.4. The molecule has 1 N–H and O–H groups in total. The molecular weight excluding hydrogens is 324 g/mol. The molecule has 1 aromatic rings. The number of hydrogen-bond acceptors (Lipinski definition) is 6. The molecule has 0 spiro atoms. The quantitative estimate of drug-likeness (QED) is 0.658. The molecule has 0 amide bonds. The van der Waals surface area contributed by atoms with Gasteiger partial charge in [-0.1, -0.05) is 42.5 Å². The fourth-order valence-electron chi connectivity index (χ4n) is 3.36. The van der Waals surface area contributed by atoms with Crippen molar-refractivity contribution in [1.82, 2.24) is 0 Å². The highest BCUT2D eigenvalue weighted by molar-refractivity contribution is 6.02. The van der Waals surface area contributed by atoms with Crippen LogP contribution in [0.25, 0.3) is 6.08 Å². The minimum Gasteiger partial charge on any atom is -0.469 e. The summed E-state index contributed by atoms with van der Waals surface area (Å²) in [6.45, 7) is 1.41. The smallest absolute Gasteiger partial charge is 0.316 e. The lowest BCUT2D eigenvalue weighted by atomic mass is 9.63. The van der Waals surface area contributed by atoms with E-state index in [9.17, 15) is 19.5 Å². The molecule has 134 valence electrons. The number of rotatable bonds is 4. The molecular formula is C19H22O6. The molecule has 0 heterocycles. The second kappa shape index (κ2) is 7.61. The SMILES string of the molecule is COC(=O)[C@H]1C(=O)C[C@](C)(O)[C@@H](C(=O)OC)[C@H]1/C=C/c1ccccc1. The maximum Gasteiger partial charge on any atom is 0.316 e. The number of ether oxygens (including phenoxy) is 2. The number of carbonyl (C=O) groups excluding carboxylic acids is 3. The fourth-order valence-corrected chi connectivity index (χ4v) is 3.36. The van der Waals surface area contributed by atoms with Gasteiger partial charge in [-0.15, -0.1) is 0 Å². The Morgan fingerprint density at radius 1 is 1.16 bits per heavy atom. The Labute approximate surface area is 146 Å². The van der Waals surface area contributed by atoms with Crippen molar-refractivity contribution < 1.29 is 29.0 Å². The molecule has 0 bridgehead atoms. The Balaban J connectivity index is 2.49. The fraction of sp³-hybridized carbons (Fsp3) is 0.421. The van der Waals surface area contributed by atoms with Gasteiger partial charge in [0.25, 0.3) is 0 Å². The van der Waals surface area contributed by atoms with Gasteiger partial charge in [-0.05, 0) is 12.5 Å². The van der Waals surface area contributed by atoms with Crippen LogP contribution in [0.1, 0.15) is 18.9 Å². The van der Waals surface area contributed by atoms with E-state index in [2.05, 4.69) is 0 Å². The van der Waals surface area contributed by atoms with Crippen molar-refractivity contribution in [3.8, 4) is 0 Å². The van der Waals surface area contributed by atoms with Crippen LogP contribution >= 0.6 is 0 Å². The average molecular weight is 346 g/mol. The molecule has 2 rings (SSSR count). The van der Waals surface area contributed by atoms with E-state index in [0.29, 0.717) is 0 Å².